The molecular weight excluding hydrogens is 679 g/mol. The SMILES string of the molecule is Cc1c[c-]c(-c2cc(C)c(C)cn2)cc1.Cc1ccc2c(n1)oc1c(-c3cc4ccsc4cn3)[c-]ccc12.[Ir]. The Morgan fingerprint density at radius 3 is 2.44 bits per heavy atom. The Morgan fingerprint density at radius 2 is 1.64 bits per heavy atom. The number of furan rings is 1. The van der Waals surface area contributed by atoms with Crippen LogP contribution < -0.4 is 0 Å². The van der Waals surface area contributed by atoms with Crippen LogP contribution in [0.1, 0.15) is 22.4 Å². The van der Waals surface area contributed by atoms with E-state index in [1.165, 1.54) is 26.8 Å². The number of hydrogen-bond donors (Lipinski definition) is 0. The fraction of sp³-hybridized carbons (Fsp3) is 0.121. The molecule has 5 aromatic heterocycles. The van der Waals surface area contributed by atoms with E-state index in [1.54, 1.807) is 11.3 Å². The molecule has 2 aromatic carbocycles. The molecule has 0 unspecified atom stereocenters. The number of nitrogens with zero attached hydrogens (tertiary/aromatic N) is 3. The molecule has 0 bridgehead atoms. The van der Waals surface area contributed by atoms with Crippen molar-refractivity contribution in [3.05, 3.63) is 113 Å². The minimum atomic E-state index is 0. The summed E-state index contributed by atoms with van der Waals surface area (Å²) < 4.78 is 7.22. The van der Waals surface area contributed by atoms with Gasteiger partial charge in [-0.05, 0) is 66.7 Å². The number of rotatable bonds is 2. The van der Waals surface area contributed by atoms with Crippen molar-refractivity contribution in [2.45, 2.75) is 27.7 Å². The van der Waals surface area contributed by atoms with Gasteiger partial charge in [-0.2, -0.15) is 0 Å². The summed E-state index contributed by atoms with van der Waals surface area (Å²) in [5.74, 6) is 0. The zero-order valence-electron chi connectivity index (χ0n) is 22.0. The van der Waals surface area contributed by atoms with Gasteiger partial charge in [0, 0.05) is 43.6 Å². The third kappa shape index (κ3) is 5.41. The molecule has 0 spiro atoms. The summed E-state index contributed by atoms with van der Waals surface area (Å²) in [6.45, 7) is 8.21. The second-order valence-electron chi connectivity index (χ2n) is 9.46. The minimum Gasteiger partial charge on any atom is -0.486 e. The van der Waals surface area contributed by atoms with E-state index in [4.69, 9.17) is 4.42 Å². The van der Waals surface area contributed by atoms with E-state index < -0.39 is 0 Å². The molecular formula is C33H25IrN3OS-2. The van der Waals surface area contributed by atoms with Crippen LogP contribution in [0.4, 0.5) is 0 Å². The van der Waals surface area contributed by atoms with Gasteiger partial charge >= 0.3 is 0 Å². The summed E-state index contributed by atoms with van der Waals surface area (Å²) in [7, 11) is 0. The number of hydrogen-bond acceptors (Lipinski definition) is 5. The van der Waals surface area contributed by atoms with E-state index in [9.17, 15) is 0 Å². The molecule has 0 aliphatic heterocycles. The van der Waals surface area contributed by atoms with Crippen LogP contribution in [0.2, 0.25) is 0 Å². The number of aryl methyl sites for hydroxylation is 4. The van der Waals surface area contributed by atoms with E-state index in [1.807, 2.05) is 43.6 Å². The average molecular weight is 704 g/mol. The molecule has 7 aromatic rings. The van der Waals surface area contributed by atoms with Gasteiger partial charge in [0.2, 0.25) is 5.71 Å². The monoisotopic (exact) mass is 704 g/mol. The largest absolute Gasteiger partial charge is 0.486 e. The van der Waals surface area contributed by atoms with Gasteiger partial charge in [-0.1, -0.05) is 35.6 Å². The summed E-state index contributed by atoms with van der Waals surface area (Å²) in [6.07, 6.45) is 3.82. The molecule has 1 radical (unpaired) electrons. The normalized spacial score (nSPS) is 10.9. The van der Waals surface area contributed by atoms with Gasteiger partial charge in [0.15, 0.2) is 0 Å². The van der Waals surface area contributed by atoms with Crippen molar-refractivity contribution in [2.24, 2.45) is 0 Å². The molecule has 6 heteroatoms. The molecule has 39 heavy (non-hydrogen) atoms. The maximum Gasteiger partial charge on any atom is 0.216 e. The summed E-state index contributed by atoms with van der Waals surface area (Å²) in [4.78, 5) is 13.5. The second kappa shape index (κ2) is 11.2. The molecule has 0 atom stereocenters. The Labute approximate surface area is 245 Å². The molecule has 0 aliphatic carbocycles. The predicted molar refractivity (Wildman–Crippen MR) is 156 cm³/mol. The van der Waals surface area contributed by atoms with E-state index in [0.29, 0.717) is 5.71 Å². The van der Waals surface area contributed by atoms with Gasteiger partial charge in [0.25, 0.3) is 0 Å². The van der Waals surface area contributed by atoms with E-state index in [-0.39, 0.29) is 20.1 Å². The van der Waals surface area contributed by atoms with Crippen molar-refractivity contribution in [2.75, 3.05) is 0 Å². The van der Waals surface area contributed by atoms with Gasteiger partial charge in [0.1, 0.15) is 0 Å². The Balaban J connectivity index is 0.000000169. The maximum atomic E-state index is 6.03. The third-order valence-electron chi connectivity index (χ3n) is 6.65. The molecule has 0 N–H and O–H groups in total. The number of aromatic nitrogens is 3. The molecule has 0 fully saturated rings. The smallest absolute Gasteiger partial charge is 0.216 e. The number of fused-ring (bicyclic) bond motifs is 4. The maximum absolute atomic E-state index is 6.03. The first-order chi connectivity index (χ1) is 18.5. The average Bonchev–Trinajstić information content (AvgIpc) is 3.54. The summed E-state index contributed by atoms with van der Waals surface area (Å²) in [5.41, 5.74) is 9.94. The summed E-state index contributed by atoms with van der Waals surface area (Å²) in [6, 6.07) is 27.0. The van der Waals surface area contributed by atoms with Crippen molar-refractivity contribution >= 4 is 43.5 Å². The van der Waals surface area contributed by atoms with Crippen LogP contribution in [0.3, 0.4) is 0 Å². The van der Waals surface area contributed by atoms with Crippen LogP contribution in [-0.4, -0.2) is 15.0 Å². The van der Waals surface area contributed by atoms with Crippen molar-refractivity contribution in [1.82, 2.24) is 15.0 Å². The number of thiophene rings is 1. The molecule has 0 amide bonds. The third-order valence-corrected chi connectivity index (χ3v) is 7.52. The van der Waals surface area contributed by atoms with Crippen molar-refractivity contribution in [3.63, 3.8) is 0 Å². The van der Waals surface area contributed by atoms with Gasteiger partial charge in [-0.15, -0.1) is 64.9 Å². The first-order valence-corrected chi connectivity index (χ1v) is 13.3. The quantitative estimate of drug-likeness (QED) is 0.169. The molecule has 4 nitrogen and oxygen atoms in total. The van der Waals surface area contributed by atoms with Gasteiger partial charge in [-0.25, -0.2) is 4.98 Å². The zero-order chi connectivity index (χ0) is 26.2. The number of benzene rings is 2. The van der Waals surface area contributed by atoms with Crippen molar-refractivity contribution < 1.29 is 24.5 Å². The van der Waals surface area contributed by atoms with Crippen LogP contribution in [0.25, 0.3) is 54.7 Å². The van der Waals surface area contributed by atoms with Crippen LogP contribution in [0.15, 0.2) is 82.9 Å². The van der Waals surface area contributed by atoms with Crippen LogP contribution in [-0.2, 0) is 20.1 Å². The summed E-state index contributed by atoms with van der Waals surface area (Å²) in [5, 5.41) is 5.34. The van der Waals surface area contributed by atoms with Crippen molar-refractivity contribution in [3.8, 4) is 22.5 Å². The van der Waals surface area contributed by atoms with E-state index in [2.05, 4.69) is 89.6 Å². The van der Waals surface area contributed by atoms with Crippen LogP contribution >= 0.6 is 11.3 Å². The van der Waals surface area contributed by atoms with Crippen LogP contribution in [0, 0.1) is 39.8 Å². The summed E-state index contributed by atoms with van der Waals surface area (Å²) >= 11 is 1.69. The topological polar surface area (TPSA) is 51.8 Å². The Hall–Kier alpha value is -3.70. The van der Waals surface area contributed by atoms with Crippen LogP contribution in [0.5, 0.6) is 0 Å². The fourth-order valence-corrected chi connectivity index (χ4v) is 5.08. The van der Waals surface area contributed by atoms with Crippen molar-refractivity contribution in [1.29, 1.82) is 0 Å². The first kappa shape index (κ1) is 26.9. The predicted octanol–water partition coefficient (Wildman–Crippen LogP) is 8.84. The van der Waals surface area contributed by atoms with E-state index >= 15 is 0 Å². The molecule has 0 saturated carbocycles. The van der Waals surface area contributed by atoms with E-state index in [0.717, 1.165) is 44.6 Å². The zero-order valence-corrected chi connectivity index (χ0v) is 25.2. The Bertz CT molecular complexity index is 1920. The standard InChI is InChI=1S/C19H11N2OS.C14H14N.Ir/c1-11-5-6-14-13-3-2-4-15(18(13)22-19(14)21-11)16-9-12-7-8-23-17(12)10-20-16;1-10-4-6-13(7-5-10)14-8-11(2)12(3)9-15-14;/h2-3,5-10H,1H3;4-6,8-9H,1-3H3;/q2*-1;. The molecule has 0 aliphatic rings. The number of pyridine rings is 3. The molecule has 7 rings (SSSR count). The Kier molecular flexibility index (Phi) is 7.71. The molecule has 0 saturated heterocycles. The Morgan fingerprint density at radius 1 is 0.795 bits per heavy atom. The van der Waals surface area contributed by atoms with Gasteiger partial charge in [-0.3, -0.25) is 0 Å². The van der Waals surface area contributed by atoms with Gasteiger partial charge in [0.05, 0.1) is 10.3 Å². The van der Waals surface area contributed by atoms with Gasteiger partial charge < -0.3 is 14.4 Å². The second-order valence-corrected chi connectivity index (χ2v) is 10.4. The first-order valence-electron chi connectivity index (χ1n) is 12.4. The fourth-order valence-electron chi connectivity index (χ4n) is 4.34. The molecule has 195 valence electrons. The molecule has 5 heterocycles. The minimum absolute atomic E-state index is 0.